The third-order valence-corrected chi connectivity index (χ3v) is 4.33. The smallest absolute Gasteiger partial charge is 0.0387 e. The molecule has 1 fully saturated rings. The first-order valence-corrected chi connectivity index (χ1v) is 8.01. The largest absolute Gasteiger partial charge is 0.378 e. The molecule has 1 aliphatic heterocycles. The molecule has 3 nitrogen and oxygen atoms in total. The minimum Gasteiger partial charge on any atom is -0.378 e. The van der Waals surface area contributed by atoms with E-state index < -0.39 is 0 Å². The van der Waals surface area contributed by atoms with Crippen molar-refractivity contribution >= 4 is 11.4 Å². The monoisotopic (exact) mass is 295 g/mol. The van der Waals surface area contributed by atoms with Crippen molar-refractivity contribution in [3.8, 4) is 0 Å². The number of rotatable bonds is 4. The van der Waals surface area contributed by atoms with Crippen LogP contribution in [0.15, 0.2) is 54.6 Å². The van der Waals surface area contributed by atoms with E-state index in [9.17, 15) is 0 Å². The lowest BCUT2D eigenvalue weighted by molar-refractivity contribution is 0.250. The van der Waals surface area contributed by atoms with E-state index in [0.29, 0.717) is 0 Å². The van der Waals surface area contributed by atoms with E-state index in [1.807, 2.05) is 0 Å². The Labute approximate surface area is 133 Å². The Balaban J connectivity index is 1.58. The van der Waals surface area contributed by atoms with Crippen molar-refractivity contribution in [1.82, 2.24) is 4.90 Å². The molecule has 1 heterocycles. The first-order valence-electron chi connectivity index (χ1n) is 8.01. The maximum atomic E-state index is 2.54. The zero-order valence-corrected chi connectivity index (χ0v) is 13.6. The molecule has 0 amide bonds. The van der Waals surface area contributed by atoms with Gasteiger partial charge in [-0.3, -0.25) is 4.90 Å². The molecule has 0 spiro atoms. The molecule has 0 unspecified atom stereocenters. The van der Waals surface area contributed by atoms with Crippen LogP contribution in [0.4, 0.5) is 11.4 Å². The Hall–Kier alpha value is -2.00. The van der Waals surface area contributed by atoms with E-state index >= 15 is 0 Å². The van der Waals surface area contributed by atoms with Crippen LogP contribution in [0, 0.1) is 0 Å². The SMILES string of the molecule is CN(C)c1cccc(N2CCN(Cc3ccccc3)CC2)c1. The summed E-state index contributed by atoms with van der Waals surface area (Å²) in [5.41, 5.74) is 4.01. The topological polar surface area (TPSA) is 9.72 Å². The normalized spacial score (nSPS) is 15.8. The zero-order chi connectivity index (χ0) is 15.4. The highest BCUT2D eigenvalue weighted by molar-refractivity contribution is 5.59. The summed E-state index contributed by atoms with van der Waals surface area (Å²) in [4.78, 5) is 7.20. The predicted molar refractivity (Wildman–Crippen MR) is 94.7 cm³/mol. The van der Waals surface area contributed by atoms with Crippen LogP contribution in [0.5, 0.6) is 0 Å². The van der Waals surface area contributed by atoms with Gasteiger partial charge in [-0.05, 0) is 23.8 Å². The summed E-state index contributed by atoms with van der Waals surface area (Å²) in [7, 11) is 4.19. The molecule has 3 heteroatoms. The van der Waals surface area contributed by atoms with Crippen LogP contribution >= 0.6 is 0 Å². The average molecular weight is 295 g/mol. The molecule has 0 aliphatic carbocycles. The second kappa shape index (κ2) is 6.84. The second-order valence-corrected chi connectivity index (χ2v) is 6.16. The van der Waals surface area contributed by atoms with Crippen molar-refractivity contribution < 1.29 is 0 Å². The van der Waals surface area contributed by atoms with E-state index in [4.69, 9.17) is 0 Å². The van der Waals surface area contributed by atoms with Gasteiger partial charge in [0.1, 0.15) is 0 Å². The first kappa shape index (κ1) is 14.9. The Morgan fingerprint density at radius 1 is 0.864 bits per heavy atom. The molecule has 116 valence electrons. The molecule has 22 heavy (non-hydrogen) atoms. The van der Waals surface area contributed by atoms with Gasteiger partial charge in [-0.1, -0.05) is 36.4 Å². The zero-order valence-electron chi connectivity index (χ0n) is 13.6. The lowest BCUT2D eigenvalue weighted by atomic mass is 10.2. The number of hydrogen-bond acceptors (Lipinski definition) is 3. The molecule has 0 atom stereocenters. The van der Waals surface area contributed by atoms with Crippen molar-refractivity contribution in [1.29, 1.82) is 0 Å². The molecule has 3 rings (SSSR count). The van der Waals surface area contributed by atoms with Crippen molar-refractivity contribution in [3.63, 3.8) is 0 Å². The Morgan fingerprint density at radius 3 is 2.27 bits per heavy atom. The van der Waals surface area contributed by atoms with E-state index in [0.717, 1.165) is 32.7 Å². The molecular weight excluding hydrogens is 270 g/mol. The average Bonchev–Trinajstić information content (AvgIpc) is 2.56. The lowest BCUT2D eigenvalue weighted by Crippen LogP contribution is -2.46. The summed E-state index contributed by atoms with van der Waals surface area (Å²) in [5, 5.41) is 0. The molecule has 0 radical (unpaired) electrons. The standard InChI is InChI=1S/C19H25N3/c1-20(2)18-9-6-10-19(15-18)22-13-11-21(12-14-22)16-17-7-4-3-5-8-17/h3-10,15H,11-14,16H2,1-2H3. The van der Waals surface area contributed by atoms with Gasteiger partial charge < -0.3 is 9.80 Å². The van der Waals surface area contributed by atoms with E-state index in [1.54, 1.807) is 0 Å². The van der Waals surface area contributed by atoms with Gasteiger partial charge in [0.25, 0.3) is 0 Å². The minimum absolute atomic E-state index is 1.06. The number of nitrogens with zero attached hydrogens (tertiary/aromatic N) is 3. The van der Waals surface area contributed by atoms with Gasteiger partial charge in [0.05, 0.1) is 0 Å². The fraction of sp³-hybridized carbons (Fsp3) is 0.368. The van der Waals surface area contributed by atoms with E-state index in [2.05, 4.69) is 83.4 Å². The first-order chi connectivity index (χ1) is 10.7. The van der Waals surface area contributed by atoms with Gasteiger partial charge in [-0.25, -0.2) is 0 Å². The molecule has 2 aromatic carbocycles. The molecule has 0 bridgehead atoms. The molecule has 1 saturated heterocycles. The van der Waals surface area contributed by atoms with Crippen LogP contribution in [0.1, 0.15) is 5.56 Å². The summed E-state index contributed by atoms with van der Waals surface area (Å²) in [6.45, 7) is 5.52. The predicted octanol–water partition coefficient (Wildman–Crippen LogP) is 3.07. The summed E-state index contributed by atoms with van der Waals surface area (Å²) in [5.74, 6) is 0. The summed E-state index contributed by atoms with van der Waals surface area (Å²) in [6, 6.07) is 19.6. The quantitative estimate of drug-likeness (QED) is 0.858. The van der Waals surface area contributed by atoms with Gasteiger partial charge in [-0.2, -0.15) is 0 Å². The van der Waals surface area contributed by atoms with Gasteiger partial charge in [0.15, 0.2) is 0 Å². The van der Waals surface area contributed by atoms with E-state index in [-0.39, 0.29) is 0 Å². The number of anilines is 2. The van der Waals surface area contributed by atoms with Crippen LogP contribution in [-0.4, -0.2) is 45.2 Å². The summed E-state index contributed by atoms with van der Waals surface area (Å²) >= 11 is 0. The van der Waals surface area contributed by atoms with Crippen molar-refractivity contribution in [3.05, 3.63) is 60.2 Å². The van der Waals surface area contributed by atoms with Crippen LogP contribution in [-0.2, 0) is 6.54 Å². The fourth-order valence-corrected chi connectivity index (χ4v) is 2.97. The fourth-order valence-electron chi connectivity index (χ4n) is 2.97. The molecule has 1 aliphatic rings. The van der Waals surface area contributed by atoms with Gasteiger partial charge in [-0.15, -0.1) is 0 Å². The summed E-state index contributed by atoms with van der Waals surface area (Å²) in [6.07, 6.45) is 0. The molecule has 0 aromatic heterocycles. The lowest BCUT2D eigenvalue weighted by Gasteiger charge is -2.36. The third-order valence-electron chi connectivity index (χ3n) is 4.33. The van der Waals surface area contributed by atoms with Crippen LogP contribution < -0.4 is 9.80 Å². The maximum absolute atomic E-state index is 2.54. The van der Waals surface area contributed by atoms with Gasteiger partial charge in [0, 0.05) is 58.2 Å². The van der Waals surface area contributed by atoms with Crippen molar-refractivity contribution in [2.45, 2.75) is 6.54 Å². The Kier molecular flexibility index (Phi) is 4.64. The van der Waals surface area contributed by atoms with Crippen LogP contribution in [0.25, 0.3) is 0 Å². The van der Waals surface area contributed by atoms with Crippen LogP contribution in [0.2, 0.25) is 0 Å². The number of hydrogen-bond donors (Lipinski definition) is 0. The van der Waals surface area contributed by atoms with Crippen LogP contribution in [0.3, 0.4) is 0 Å². The van der Waals surface area contributed by atoms with Gasteiger partial charge in [0.2, 0.25) is 0 Å². The second-order valence-electron chi connectivity index (χ2n) is 6.16. The van der Waals surface area contributed by atoms with Gasteiger partial charge >= 0.3 is 0 Å². The molecular formula is C19H25N3. The Bertz CT molecular complexity index is 587. The highest BCUT2D eigenvalue weighted by atomic mass is 15.3. The third kappa shape index (κ3) is 3.60. The van der Waals surface area contributed by atoms with Crippen molar-refractivity contribution in [2.75, 3.05) is 50.1 Å². The number of piperazine rings is 1. The number of benzene rings is 2. The highest BCUT2D eigenvalue weighted by Gasteiger charge is 2.17. The van der Waals surface area contributed by atoms with E-state index in [1.165, 1.54) is 16.9 Å². The molecule has 0 saturated carbocycles. The summed E-state index contributed by atoms with van der Waals surface area (Å²) < 4.78 is 0. The molecule has 2 aromatic rings. The van der Waals surface area contributed by atoms with Crippen molar-refractivity contribution in [2.24, 2.45) is 0 Å². The minimum atomic E-state index is 1.06. The Morgan fingerprint density at radius 2 is 1.59 bits per heavy atom. The highest BCUT2D eigenvalue weighted by Crippen LogP contribution is 2.22. The maximum Gasteiger partial charge on any atom is 0.0387 e. The molecule has 0 N–H and O–H groups in total.